The predicted octanol–water partition coefficient (Wildman–Crippen LogP) is 1.34. The fraction of sp³-hybridized carbons (Fsp3) is 0.413. The maximum absolute atomic E-state index is 14.5. The van der Waals surface area contributed by atoms with Gasteiger partial charge >= 0.3 is 17.7 Å². The lowest BCUT2D eigenvalue weighted by Gasteiger charge is -2.33. The number of amides is 5. The van der Waals surface area contributed by atoms with Crippen molar-refractivity contribution in [2.45, 2.75) is 89.6 Å². The first kappa shape index (κ1) is 47.6. The van der Waals surface area contributed by atoms with E-state index < -0.39 is 83.6 Å². The Morgan fingerprint density at radius 3 is 2.37 bits per heavy atom. The number of nitrogens with one attached hydrogen (secondary N) is 6. The number of hydrogen-bond donors (Lipinski definition) is 8. The second-order valence-electron chi connectivity index (χ2n) is 17.5. The van der Waals surface area contributed by atoms with E-state index in [0.717, 1.165) is 37.9 Å². The summed E-state index contributed by atoms with van der Waals surface area (Å²) < 4.78 is 12.6. The zero-order chi connectivity index (χ0) is 47.0. The molecule has 0 saturated carbocycles. The summed E-state index contributed by atoms with van der Waals surface area (Å²) in [5.74, 6) is -2.72. The molecule has 5 amide bonds. The zero-order valence-corrected chi connectivity index (χ0v) is 37.0. The molecule has 0 spiro atoms. The van der Waals surface area contributed by atoms with Crippen LogP contribution < -0.4 is 38.2 Å². The lowest BCUT2D eigenvalue weighted by atomic mass is 9.98. The molecule has 0 aliphatic carbocycles. The summed E-state index contributed by atoms with van der Waals surface area (Å²) in [5.41, 5.74) is 6.15. The van der Waals surface area contributed by atoms with E-state index in [9.17, 15) is 38.7 Å². The third kappa shape index (κ3) is 12.3. The highest BCUT2D eigenvalue weighted by Crippen LogP contribution is 2.27. The van der Waals surface area contributed by atoms with Crippen molar-refractivity contribution in [2.24, 2.45) is 11.1 Å². The molecule has 0 unspecified atom stereocenters. The quantitative estimate of drug-likeness (QED) is 0.0617. The first-order valence-electron chi connectivity index (χ1n) is 21.4. The molecule has 1 fully saturated rings. The molecule has 3 aromatic carbocycles. The lowest BCUT2D eigenvalue weighted by molar-refractivity contribution is -0.148. The average molecular weight is 896 g/mol. The molecule has 0 bridgehead atoms. The maximum Gasteiger partial charge on any atom is 0.330 e. The van der Waals surface area contributed by atoms with E-state index >= 15 is 0 Å². The van der Waals surface area contributed by atoms with Gasteiger partial charge in [-0.1, -0.05) is 81.4 Å². The lowest BCUT2D eigenvalue weighted by Crippen LogP contribution is -2.62. The molecule has 7 atom stereocenters. The largest absolute Gasteiger partial charge is 0.464 e. The summed E-state index contributed by atoms with van der Waals surface area (Å²) in [4.78, 5) is 99.7. The number of esters is 1. The SMILES string of the molecule is C[C@@H]([C@H](NC(=O)[C@H](Cc1ccc2ccccc2c1)NC(=O)N[C@@H](Cc1c[nH]c2ccccc12)C(=O)OCC(C)(C)C)C(=O)NC[C@H]1C[C@@H](O)[C@H](n2ccc(=O)[nH]c2=O)O1)N(C)C(=O)CN. The summed E-state index contributed by atoms with van der Waals surface area (Å²) in [6.07, 6.45) is -0.149. The first-order chi connectivity index (χ1) is 30.9. The number of aliphatic hydroxyl groups excluding tert-OH is 1. The minimum atomic E-state index is -1.42. The molecule has 19 heteroatoms. The Bertz CT molecular complexity index is 2640. The molecule has 1 aliphatic rings. The summed E-state index contributed by atoms with van der Waals surface area (Å²) in [6, 6.07) is 16.1. The molecular weight excluding hydrogens is 839 g/mol. The molecule has 2 aromatic heterocycles. The fourth-order valence-electron chi connectivity index (χ4n) is 7.59. The first-order valence-corrected chi connectivity index (χ1v) is 21.4. The van der Waals surface area contributed by atoms with Crippen LogP contribution in [0.25, 0.3) is 21.7 Å². The minimum Gasteiger partial charge on any atom is -0.464 e. The van der Waals surface area contributed by atoms with Crippen molar-refractivity contribution >= 4 is 51.4 Å². The van der Waals surface area contributed by atoms with Crippen molar-refractivity contribution in [1.82, 2.24) is 40.7 Å². The molecule has 65 heavy (non-hydrogen) atoms. The van der Waals surface area contributed by atoms with Crippen LogP contribution in [0.15, 0.2) is 94.8 Å². The number of aliphatic hydroxyl groups is 1. The number of nitrogens with two attached hydrogens (primary N) is 1. The number of ether oxygens (including phenoxy) is 2. The van der Waals surface area contributed by atoms with Crippen LogP contribution in [0.4, 0.5) is 4.79 Å². The minimum absolute atomic E-state index is 0.00652. The van der Waals surface area contributed by atoms with Crippen molar-refractivity contribution in [1.29, 1.82) is 0 Å². The molecule has 6 rings (SSSR count). The van der Waals surface area contributed by atoms with Crippen LogP contribution in [0.5, 0.6) is 0 Å². The van der Waals surface area contributed by atoms with Gasteiger partial charge < -0.3 is 51.5 Å². The molecule has 9 N–H and O–H groups in total. The number of urea groups is 1. The highest BCUT2D eigenvalue weighted by atomic mass is 16.5. The monoisotopic (exact) mass is 895 g/mol. The number of likely N-dealkylation sites (N-methyl/N-ethyl adjacent to an activating group) is 1. The van der Waals surface area contributed by atoms with Crippen LogP contribution >= 0.6 is 0 Å². The zero-order valence-electron chi connectivity index (χ0n) is 37.0. The van der Waals surface area contributed by atoms with Gasteiger partial charge in [-0.2, -0.15) is 0 Å². The number of H-pyrrole nitrogens is 2. The number of fused-ring (bicyclic) bond motifs is 2. The number of aromatic amines is 2. The van der Waals surface area contributed by atoms with Gasteiger partial charge in [0.2, 0.25) is 17.7 Å². The molecular formula is C46H57N9O10. The molecule has 19 nitrogen and oxygen atoms in total. The second kappa shape index (κ2) is 20.8. The highest BCUT2D eigenvalue weighted by molar-refractivity contribution is 5.94. The molecule has 1 saturated heterocycles. The average Bonchev–Trinajstić information content (AvgIpc) is 3.86. The van der Waals surface area contributed by atoms with Crippen LogP contribution in [0.1, 0.15) is 51.5 Å². The van der Waals surface area contributed by atoms with Crippen molar-refractivity contribution in [3.8, 4) is 0 Å². The number of hydrogen-bond acceptors (Lipinski definition) is 11. The normalized spacial score (nSPS) is 18.0. The number of para-hydroxylation sites is 1. The summed E-state index contributed by atoms with van der Waals surface area (Å²) in [6.45, 7) is 6.79. The molecule has 3 heterocycles. The van der Waals surface area contributed by atoms with E-state index in [4.69, 9.17) is 15.2 Å². The Morgan fingerprint density at radius 2 is 1.65 bits per heavy atom. The number of rotatable bonds is 17. The summed E-state index contributed by atoms with van der Waals surface area (Å²) in [5, 5.41) is 24.4. The van der Waals surface area contributed by atoms with Crippen molar-refractivity contribution in [3.05, 3.63) is 117 Å². The Morgan fingerprint density at radius 1 is 0.938 bits per heavy atom. The highest BCUT2D eigenvalue weighted by Gasteiger charge is 2.38. The van der Waals surface area contributed by atoms with E-state index in [1.807, 2.05) is 87.5 Å². The summed E-state index contributed by atoms with van der Waals surface area (Å²) >= 11 is 0. The van der Waals surface area contributed by atoms with Gasteiger partial charge in [-0.05, 0) is 40.3 Å². The molecule has 346 valence electrons. The molecule has 1 aliphatic heterocycles. The van der Waals surface area contributed by atoms with Crippen molar-refractivity contribution in [2.75, 3.05) is 26.7 Å². The van der Waals surface area contributed by atoms with Crippen LogP contribution in [-0.4, -0.2) is 117 Å². The van der Waals surface area contributed by atoms with E-state index in [1.165, 1.54) is 18.1 Å². The van der Waals surface area contributed by atoms with Gasteiger partial charge in [-0.15, -0.1) is 0 Å². The van der Waals surface area contributed by atoms with Crippen LogP contribution in [0, 0.1) is 5.41 Å². The van der Waals surface area contributed by atoms with Crippen molar-refractivity contribution in [3.63, 3.8) is 0 Å². The number of aromatic nitrogens is 3. The Kier molecular flexibility index (Phi) is 15.2. The number of benzene rings is 3. The topological polar surface area (TPSA) is 272 Å². The predicted molar refractivity (Wildman–Crippen MR) is 241 cm³/mol. The van der Waals surface area contributed by atoms with Gasteiger partial charge in [-0.3, -0.25) is 28.7 Å². The Balaban J connectivity index is 1.24. The van der Waals surface area contributed by atoms with Gasteiger partial charge in [0.05, 0.1) is 25.3 Å². The second-order valence-corrected chi connectivity index (χ2v) is 17.5. The third-order valence-corrected chi connectivity index (χ3v) is 11.2. The van der Waals surface area contributed by atoms with Gasteiger partial charge in [0.25, 0.3) is 5.56 Å². The van der Waals surface area contributed by atoms with Gasteiger partial charge in [0, 0.05) is 62.2 Å². The van der Waals surface area contributed by atoms with Crippen LogP contribution in [0.3, 0.4) is 0 Å². The maximum atomic E-state index is 14.5. The Hall–Kier alpha value is -6.83. The smallest absolute Gasteiger partial charge is 0.330 e. The summed E-state index contributed by atoms with van der Waals surface area (Å²) in [7, 11) is 1.43. The molecule has 5 aromatic rings. The van der Waals surface area contributed by atoms with Crippen LogP contribution in [0.2, 0.25) is 0 Å². The van der Waals surface area contributed by atoms with E-state index in [2.05, 4.69) is 31.2 Å². The molecule has 0 radical (unpaired) electrons. The third-order valence-electron chi connectivity index (χ3n) is 11.2. The van der Waals surface area contributed by atoms with Gasteiger partial charge in [-0.25, -0.2) is 14.4 Å². The van der Waals surface area contributed by atoms with E-state index in [1.54, 1.807) is 13.1 Å². The fourth-order valence-corrected chi connectivity index (χ4v) is 7.59. The number of carbonyl (C=O) groups is 5. The van der Waals surface area contributed by atoms with E-state index in [0.29, 0.717) is 5.56 Å². The Labute approximate surface area is 374 Å². The van der Waals surface area contributed by atoms with E-state index in [-0.39, 0.29) is 44.4 Å². The number of nitrogens with zero attached hydrogens (tertiary/aromatic N) is 2. The van der Waals surface area contributed by atoms with Gasteiger partial charge in [0.1, 0.15) is 24.2 Å². The van der Waals surface area contributed by atoms with Crippen molar-refractivity contribution < 1.29 is 38.6 Å². The van der Waals surface area contributed by atoms with Crippen LogP contribution in [-0.2, 0) is 41.5 Å². The number of carbonyl (C=O) groups excluding carboxylic acids is 5. The standard InChI is InChI=1S/C46H57N9O10/c1-26(54(5)38(58)22-47)39(41(60)49-24-31-21-36(56)42(65-31)55-17-16-37(57)52-45(55)63)53-40(59)34(19-27-14-15-28-10-6-7-11-29(28)18-27)50-44(62)51-35(43(61)64-25-46(2,3)4)20-30-23-48-33-13-9-8-12-32(30)33/h6-18,23,26,31,34-36,39,42,48,56H,19-22,24-25,47H2,1-5H3,(H,49,60)(H,53,59)(H2,50,51,62)(H,52,57,63)/t26-,31+,34-,35-,36+,39-,42+/m0/s1. The van der Waals surface area contributed by atoms with Gasteiger partial charge in [0.15, 0.2) is 6.23 Å².